The second-order valence-electron chi connectivity index (χ2n) is 4.12. The maximum absolute atomic E-state index is 11.3. The largest absolute Gasteiger partial charge is 0.481 e. The van der Waals surface area contributed by atoms with Gasteiger partial charge in [0.25, 0.3) is 0 Å². The second-order valence-corrected chi connectivity index (χ2v) is 4.12. The van der Waals surface area contributed by atoms with Crippen molar-refractivity contribution in [1.82, 2.24) is 0 Å². The molecule has 1 atom stereocenters. The molecule has 18 heavy (non-hydrogen) atoms. The third-order valence-corrected chi connectivity index (χ3v) is 2.44. The van der Waals surface area contributed by atoms with E-state index in [1.807, 2.05) is 0 Å². The Bertz CT molecular complexity index is 286. The monoisotopic (exact) mass is 260 g/mol. The number of ether oxygens (including phenoxy) is 1. The Labute approximate surface area is 106 Å². The first-order chi connectivity index (χ1) is 8.47. The number of hydrogen-bond acceptors (Lipinski definition) is 4. The lowest BCUT2D eigenvalue weighted by atomic mass is 10.0. The Morgan fingerprint density at radius 2 is 1.72 bits per heavy atom. The maximum Gasteiger partial charge on any atom is 0.307 e. The van der Waals surface area contributed by atoms with Crippen LogP contribution >= 0.6 is 0 Å². The number of aliphatic carboxylic acids is 2. The number of carboxylic acid groups (broad SMARTS) is 2. The van der Waals surface area contributed by atoms with Gasteiger partial charge in [0.15, 0.2) is 0 Å². The summed E-state index contributed by atoms with van der Waals surface area (Å²) in [5, 5.41) is 17.2. The number of carbonyl (C=O) groups excluding carboxylic acids is 1. The normalized spacial score (nSPS) is 11.8. The summed E-state index contributed by atoms with van der Waals surface area (Å²) in [5.41, 5.74) is 0. The summed E-state index contributed by atoms with van der Waals surface area (Å²) in [4.78, 5) is 32.4. The van der Waals surface area contributed by atoms with E-state index in [9.17, 15) is 14.4 Å². The van der Waals surface area contributed by atoms with E-state index in [-0.39, 0.29) is 6.61 Å². The molecule has 0 aliphatic carbocycles. The molecule has 0 amide bonds. The van der Waals surface area contributed by atoms with Gasteiger partial charge in [0, 0.05) is 0 Å². The van der Waals surface area contributed by atoms with Crippen molar-refractivity contribution in [2.75, 3.05) is 6.61 Å². The van der Waals surface area contributed by atoms with E-state index in [2.05, 4.69) is 6.92 Å². The summed E-state index contributed by atoms with van der Waals surface area (Å²) >= 11 is 0. The molecule has 6 nitrogen and oxygen atoms in total. The highest BCUT2D eigenvalue weighted by atomic mass is 16.5. The number of carboxylic acids is 2. The number of carbonyl (C=O) groups is 3. The first-order valence-corrected chi connectivity index (χ1v) is 6.07. The van der Waals surface area contributed by atoms with Gasteiger partial charge in [0.05, 0.1) is 25.4 Å². The molecule has 1 unspecified atom stereocenters. The smallest absolute Gasteiger partial charge is 0.307 e. The van der Waals surface area contributed by atoms with Crippen molar-refractivity contribution < 1.29 is 29.3 Å². The molecule has 0 bridgehead atoms. The molecule has 0 aliphatic rings. The number of unbranched alkanes of at least 4 members (excludes halogenated alkanes) is 3. The van der Waals surface area contributed by atoms with Crippen LogP contribution in [0.4, 0.5) is 0 Å². The molecular weight excluding hydrogens is 240 g/mol. The highest BCUT2D eigenvalue weighted by Gasteiger charge is 2.24. The van der Waals surface area contributed by atoms with E-state index in [1.165, 1.54) is 0 Å². The lowest BCUT2D eigenvalue weighted by Gasteiger charge is -2.09. The summed E-state index contributed by atoms with van der Waals surface area (Å²) in [6, 6.07) is 0. The minimum atomic E-state index is -1.29. The molecule has 0 rings (SSSR count). The first kappa shape index (κ1) is 16.4. The van der Waals surface area contributed by atoms with Crippen molar-refractivity contribution in [1.29, 1.82) is 0 Å². The standard InChI is InChI=1S/C12H20O6/c1-2-3-4-5-6-18-11(15)8-9(12(16)17)7-10(13)14/h9H,2-8H2,1H3,(H,13,14)(H,16,17). The van der Waals surface area contributed by atoms with E-state index in [0.717, 1.165) is 25.7 Å². The minimum absolute atomic E-state index is 0.262. The Kier molecular flexibility index (Phi) is 8.61. The van der Waals surface area contributed by atoms with Gasteiger partial charge in [-0.3, -0.25) is 14.4 Å². The fourth-order valence-electron chi connectivity index (χ4n) is 1.43. The van der Waals surface area contributed by atoms with Crippen molar-refractivity contribution in [3.8, 4) is 0 Å². The zero-order valence-corrected chi connectivity index (χ0v) is 10.6. The quantitative estimate of drug-likeness (QED) is 0.457. The van der Waals surface area contributed by atoms with Crippen LogP contribution in [0.25, 0.3) is 0 Å². The molecule has 0 heterocycles. The summed E-state index contributed by atoms with van der Waals surface area (Å²) in [7, 11) is 0. The van der Waals surface area contributed by atoms with Gasteiger partial charge in [-0.1, -0.05) is 26.2 Å². The van der Waals surface area contributed by atoms with Crippen LogP contribution < -0.4 is 0 Å². The van der Waals surface area contributed by atoms with Gasteiger partial charge in [-0.05, 0) is 6.42 Å². The topological polar surface area (TPSA) is 101 Å². The molecule has 0 spiro atoms. The average molecular weight is 260 g/mol. The minimum Gasteiger partial charge on any atom is -0.481 e. The SMILES string of the molecule is CCCCCCOC(=O)CC(CC(=O)O)C(=O)O. The third-order valence-electron chi connectivity index (χ3n) is 2.44. The highest BCUT2D eigenvalue weighted by Crippen LogP contribution is 2.10. The molecule has 2 N–H and O–H groups in total. The van der Waals surface area contributed by atoms with Crippen molar-refractivity contribution in [3.05, 3.63) is 0 Å². The predicted molar refractivity (Wildman–Crippen MR) is 63.1 cm³/mol. The van der Waals surface area contributed by atoms with Crippen molar-refractivity contribution in [3.63, 3.8) is 0 Å². The van der Waals surface area contributed by atoms with Crippen LogP contribution in [0.2, 0.25) is 0 Å². The van der Waals surface area contributed by atoms with Crippen molar-refractivity contribution in [2.45, 2.75) is 45.4 Å². The lowest BCUT2D eigenvalue weighted by molar-refractivity contribution is -0.154. The Morgan fingerprint density at radius 1 is 1.06 bits per heavy atom. The molecule has 0 aromatic carbocycles. The Balaban J connectivity index is 3.88. The fourth-order valence-corrected chi connectivity index (χ4v) is 1.43. The Hall–Kier alpha value is -1.59. The molecule has 0 saturated heterocycles. The number of esters is 1. The summed E-state index contributed by atoms with van der Waals surface area (Å²) in [6.45, 7) is 2.33. The lowest BCUT2D eigenvalue weighted by Crippen LogP contribution is -2.22. The van der Waals surface area contributed by atoms with Crippen LogP contribution in [-0.4, -0.2) is 34.7 Å². The zero-order chi connectivity index (χ0) is 14.0. The van der Waals surface area contributed by atoms with E-state index >= 15 is 0 Å². The zero-order valence-electron chi connectivity index (χ0n) is 10.6. The summed E-state index contributed by atoms with van der Waals surface area (Å²) in [5.74, 6) is -4.40. The third kappa shape index (κ3) is 8.55. The maximum atomic E-state index is 11.3. The first-order valence-electron chi connectivity index (χ1n) is 6.07. The number of rotatable bonds is 10. The van der Waals surface area contributed by atoms with Gasteiger partial charge in [0.2, 0.25) is 0 Å². The van der Waals surface area contributed by atoms with Gasteiger partial charge in [-0.25, -0.2) is 0 Å². The van der Waals surface area contributed by atoms with Gasteiger partial charge in [-0.15, -0.1) is 0 Å². The molecule has 0 aromatic rings. The molecule has 0 saturated carbocycles. The Morgan fingerprint density at radius 3 is 2.22 bits per heavy atom. The van der Waals surface area contributed by atoms with E-state index in [4.69, 9.17) is 14.9 Å². The highest BCUT2D eigenvalue weighted by molar-refractivity contribution is 5.82. The van der Waals surface area contributed by atoms with Gasteiger partial charge < -0.3 is 14.9 Å². The second kappa shape index (κ2) is 9.44. The molecule has 6 heteroatoms. The predicted octanol–water partition coefficient (Wildman–Crippen LogP) is 1.68. The molecule has 0 aromatic heterocycles. The molecular formula is C12H20O6. The van der Waals surface area contributed by atoms with Crippen LogP contribution in [0.1, 0.15) is 45.4 Å². The van der Waals surface area contributed by atoms with E-state index in [0.29, 0.717) is 0 Å². The molecule has 104 valence electrons. The van der Waals surface area contributed by atoms with Crippen LogP contribution in [0.5, 0.6) is 0 Å². The van der Waals surface area contributed by atoms with Crippen molar-refractivity contribution in [2.24, 2.45) is 5.92 Å². The van der Waals surface area contributed by atoms with Crippen LogP contribution in [0.3, 0.4) is 0 Å². The fraction of sp³-hybridized carbons (Fsp3) is 0.750. The van der Waals surface area contributed by atoms with E-state index in [1.54, 1.807) is 0 Å². The van der Waals surface area contributed by atoms with Crippen LogP contribution in [0.15, 0.2) is 0 Å². The molecule has 0 radical (unpaired) electrons. The molecule has 0 fully saturated rings. The van der Waals surface area contributed by atoms with Crippen LogP contribution in [0, 0.1) is 5.92 Å². The summed E-state index contributed by atoms with van der Waals surface area (Å²) in [6.07, 6.45) is 2.88. The average Bonchev–Trinajstić information content (AvgIpc) is 2.27. The van der Waals surface area contributed by atoms with Gasteiger partial charge >= 0.3 is 17.9 Å². The van der Waals surface area contributed by atoms with E-state index < -0.39 is 36.7 Å². The summed E-state index contributed by atoms with van der Waals surface area (Å²) < 4.78 is 4.86. The number of hydrogen-bond donors (Lipinski definition) is 2. The van der Waals surface area contributed by atoms with Gasteiger partial charge in [-0.2, -0.15) is 0 Å². The van der Waals surface area contributed by atoms with Gasteiger partial charge in [0.1, 0.15) is 0 Å². The van der Waals surface area contributed by atoms with Crippen LogP contribution in [-0.2, 0) is 19.1 Å². The molecule has 0 aliphatic heterocycles. The van der Waals surface area contributed by atoms with Crippen molar-refractivity contribution >= 4 is 17.9 Å².